The highest BCUT2D eigenvalue weighted by molar-refractivity contribution is 5.77. The normalized spacial score (nSPS) is 30.0. The smallest absolute Gasteiger partial charge is 0.320 e. The molecule has 2 aliphatic heterocycles. The summed E-state index contributed by atoms with van der Waals surface area (Å²) in [6.45, 7) is 0.945. The maximum atomic E-state index is 12.7. The predicted octanol–water partition coefficient (Wildman–Crippen LogP) is 0.375. The monoisotopic (exact) mass is 300 g/mol. The Balaban J connectivity index is 2.08. The van der Waals surface area contributed by atoms with E-state index in [4.69, 9.17) is 4.74 Å². The Morgan fingerprint density at radius 3 is 2.71 bits per heavy atom. The number of carboxylic acid groups (broad SMARTS) is 1. The summed E-state index contributed by atoms with van der Waals surface area (Å²) in [5.41, 5.74) is 0. The van der Waals surface area contributed by atoms with Crippen molar-refractivity contribution in [2.24, 2.45) is 5.92 Å². The van der Waals surface area contributed by atoms with Crippen LogP contribution in [0.4, 0.5) is 4.79 Å². The lowest BCUT2D eigenvalue weighted by Crippen LogP contribution is -2.53. The molecule has 0 saturated carbocycles. The van der Waals surface area contributed by atoms with Gasteiger partial charge < -0.3 is 24.7 Å². The van der Waals surface area contributed by atoms with Crippen LogP contribution in [0.1, 0.15) is 25.7 Å². The standard InChI is InChI=1S/C14H24N2O5/c1-15(12-9-21-8-11(12)13(18)19)14(20)16-6-4-2-3-5-10(16)7-17/h10-12,17H,2-9H2,1H3,(H,18,19). The van der Waals surface area contributed by atoms with Gasteiger partial charge in [0.25, 0.3) is 0 Å². The number of likely N-dealkylation sites (tertiary alicyclic amines) is 1. The summed E-state index contributed by atoms with van der Waals surface area (Å²) in [6.07, 6.45) is 3.76. The summed E-state index contributed by atoms with van der Waals surface area (Å²) in [5.74, 6) is -1.62. The van der Waals surface area contributed by atoms with Gasteiger partial charge in [-0.05, 0) is 12.8 Å². The number of carboxylic acids is 1. The van der Waals surface area contributed by atoms with Gasteiger partial charge in [-0.3, -0.25) is 4.79 Å². The van der Waals surface area contributed by atoms with E-state index in [0.717, 1.165) is 25.7 Å². The molecule has 2 rings (SSSR count). The third kappa shape index (κ3) is 3.47. The third-order valence-electron chi connectivity index (χ3n) is 4.50. The first-order valence-electron chi connectivity index (χ1n) is 7.51. The molecule has 0 aromatic rings. The number of hydrogen-bond donors (Lipinski definition) is 2. The van der Waals surface area contributed by atoms with Crippen molar-refractivity contribution >= 4 is 12.0 Å². The number of urea groups is 1. The predicted molar refractivity (Wildman–Crippen MR) is 74.9 cm³/mol. The highest BCUT2D eigenvalue weighted by Crippen LogP contribution is 2.23. The highest BCUT2D eigenvalue weighted by Gasteiger charge is 2.40. The molecule has 7 heteroatoms. The van der Waals surface area contributed by atoms with Gasteiger partial charge in [0.15, 0.2) is 0 Å². The minimum atomic E-state index is -0.938. The van der Waals surface area contributed by atoms with E-state index in [1.807, 2.05) is 0 Å². The molecule has 0 bridgehead atoms. The minimum Gasteiger partial charge on any atom is -0.481 e. The number of amides is 2. The summed E-state index contributed by atoms with van der Waals surface area (Å²) >= 11 is 0. The van der Waals surface area contributed by atoms with Crippen molar-refractivity contribution < 1.29 is 24.5 Å². The second-order valence-electron chi connectivity index (χ2n) is 5.82. The van der Waals surface area contributed by atoms with E-state index in [1.54, 1.807) is 11.9 Å². The molecule has 21 heavy (non-hydrogen) atoms. The average molecular weight is 300 g/mol. The lowest BCUT2D eigenvalue weighted by molar-refractivity contribution is -0.142. The van der Waals surface area contributed by atoms with Gasteiger partial charge in [-0.1, -0.05) is 12.8 Å². The molecule has 2 heterocycles. The fourth-order valence-corrected chi connectivity index (χ4v) is 3.12. The van der Waals surface area contributed by atoms with Gasteiger partial charge in [0.2, 0.25) is 0 Å². The van der Waals surface area contributed by atoms with Crippen molar-refractivity contribution in [2.45, 2.75) is 37.8 Å². The average Bonchev–Trinajstić information content (AvgIpc) is 2.84. The van der Waals surface area contributed by atoms with Crippen LogP contribution >= 0.6 is 0 Å². The van der Waals surface area contributed by atoms with Crippen molar-refractivity contribution in [1.82, 2.24) is 9.80 Å². The van der Waals surface area contributed by atoms with E-state index in [-0.39, 0.29) is 31.9 Å². The van der Waals surface area contributed by atoms with Crippen molar-refractivity contribution in [1.29, 1.82) is 0 Å². The first-order valence-corrected chi connectivity index (χ1v) is 7.51. The fraction of sp³-hybridized carbons (Fsp3) is 0.857. The molecule has 3 atom stereocenters. The number of aliphatic carboxylic acids is 1. The van der Waals surface area contributed by atoms with Gasteiger partial charge in [-0.25, -0.2) is 4.79 Å². The molecule has 3 unspecified atom stereocenters. The fourth-order valence-electron chi connectivity index (χ4n) is 3.12. The van der Waals surface area contributed by atoms with Crippen LogP contribution in [-0.4, -0.2) is 77.5 Å². The molecule has 2 saturated heterocycles. The van der Waals surface area contributed by atoms with Crippen LogP contribution in [-0.2, 0) is 9.53 Å². The van der Waals surface area contributed by atoms with Crippen LogP contribution in [0.5, 0.6) is 0 Å². The lowest BCUT2D eigenvalue weighted by Gasteiger charge is -2.35. The largest absolute Gasteiger partial charge is 0.481 e. The third-order valence-corrected chi connectivity index (χ3v) is 4.50. The second-order valence-corrected chi connectivity index (χ2v) is 5.82. The zero-order valence-corrected chi connectivity index (χ0v) is 12.4. The zero-order valence-electron chi connectivity index (χ0n) is 12.4. The molecule has 0 aromatic carbocycles. The second kappa shape index (κ2) is 7.09. The molecule has 2 amide bonds. The SMILES string of the molecule is CN(C(=O)N1CCCCCC1CO)C1COCC1C(=O)O. The van der Waals surface area contributed by atoms with E-state index >= 15 is 0 Å². The molecule has 2 aliphatic rings. The number of nitrogens with zero attached hydrogens (tertiary/aromatic N) is 2. The van der Waals surface area contributed by atoms with Gasteiger partial charge in [0, 0.05) is 13.6 Å². The summed E-state index contributed by atoms with van der Waals surface area (Å²) in [6, 6.07) is -0.830. The van der Waals surface area contributed by atoms with Crippen LogP contribution < -0.4 is 0 Å². The number of carbonyl (C=O) groups excluding carboxylic acids is 1. The number of hydrogen-bond acceptors (Lipinski definition) is 4. The maximum absolute atomic E-state index is 12.7. The number of aliphatic hydroxyl groups is 1. The Morgan fingerprint density at radius 2 is 2.05 bits per heavy atom. The summed E-state index contributed by atoms with van der Waals surface area (Å²) in [5, 5.41) is 18.7. The van der Waals surface area contributed by atoms with Gasteiger partial charge in [-0.15, -0.1) is 0 Å². The summed E-state index contributed by atoms with van der Waals surface area (Å²) in [7, 11) is 1.62. The van der Waals surface area contributed by atoms with Crippen molar-refractivity contribution in [3.05, 3.63) is 0 Å². The number of likely N-dealkylation sites (N-methyl/N-ethyl adjacent to an activating group) is 1. The van der Waals surface area contributed by atoms with E-state index in [0.29, 0.717) is 6.54 Å². The Morgan fingerprint density at radius 1 is 1.29 bits per heavy atom. The molecule has 0 aromatic heterocycles. The quantitative estimate of drug-likeness (QED) is 0.786. The van der Waals surface area contributed by atoms with Gasteiger partial charge >= 0.3 is 12.0 Å². The molecular formula is C14H24N2O5. The van der Waals surface area contributed by atoms with Gasteiger partial charge in [0.05, 0.1) is 31.9 Å². The molecule has 7 nitrogen and oxygen atoms in total. The molecular weight excluding hydrogens is 276 g/mol. The lowest BCUT2D eigenvalue weighted by atomic mass is 10.0. The first kappa shape index (κ1) is 16.0. The van der Waals surface area contributed by atoms with E-state index in [2.05, 4.69) is 0 Å². The Kier molecular flexibility index (Phi) is 5.41. The summed E-state index contributed by atoms with van der Waals surface area (Å²) < 4.78 is 5.22. The summed E-state index contributed by atoms with van der Waals surface area (Å²) in [4.78, 5) is 27.0. The number of carbonyl (C=O) groups is 2. The van der Waals surface area contributed by atoms with Crippen LogP contribution in [0, 0.1) is 5.92 Å². The molecule has 120 valence electrons. The van der Waals surface area contributed by atoms with Crippen LogP contribution in [0.3, 0.4) is 0 Å². The number of rotatable bonds is 3. The van der Waals surface area contributed by atoms with Crippen LogP contribution in [0.15, 0.2) is 0 Å². The molecule has 0 spiro atoms. The Labute approximate surface area is 124 Å². The van der Waals surface area contributed by atoms with Gasteiger partial charge in [0.1, 0.15) is 5.92 Å². The molecule has 2 N–H and O–H groups in total. The van der Waals surface area contributed by atoms with E-state index in [9.17, 15) is 19.8 Å². The molecule has 2 fully saturated rings. The Bertz CT molecular complexity index is 390. The van der Waals surface area contributed by atoms with Crippen LogP contribution in [0.25, 0.3) is 0 Å². The number of ether oxygens (including phenoxy) is 1. The highest BCUT2D eigenvalue weighted by atomic mass is 16.5. The zero-order chi connectivity index (χ0) is 15.4. The van der Waals surface area contributed by atoms with Crippen molar-refractivity contribution in [3.63, 3.8) is 0 Å². The van der Waals surface area contributed by atoms with E-state index < -0.39 is 17.9 Å². The minimum absolute atomic E-state index is 0.0525. The topological polar surface area (TPSA) is 90.3 Å². The molecule has 0 radical (unpaired) electrons. The molecule has 0 aliphatic carbocycles. The van der Waals surface area contributed by atoms with Gasteiger partial charge in [-0.2, -0.15) is 0 Å². The van der Waals surface area contributed by atoms with Crippen LogP contribution in [0.2, 0.25) is 0 Å². The number of aliphatic hydroxyl groups excluding tert-OH is 1. The van der Waals surface area contributed by atoms with Crippen molar-refractivity contribution in [2.75, 3.05) is 33.4 Å². The first-order chi connectivity index (χ1) is 10.1. The van der Waals surface area contributed by atoms with E-state index in [1.165, 1.54) is 4.90 Å². The maximum Gasteiger partial charge on any atom is 0.320 e. The Hall–Kier alpha value is -1.34. The van der Waals surface area contributed by atoms with Crippen molar-refractivity contribution in [3.8, 4) is 0 Å².